The Morgan fingerprint density at radius 2 is 1.96 bits per heavy atom. The first kappa shape index (κ1) is 16.2. The van der Waals surface area contributed by atoms with E-state index in [2.05, 4.69) is 6.07 Å². The molecule has 5 heteroatoms. The van der Waals surface area contributed by atoms with Crippen LogP contribution in [-0.4, -0.2) is 33.6 Å². The Morgan fingerprint density at radius 1 is 1.20 bits per heavy atom. The lowest BCUT2D eigenvalue weighted by atomic mass is 9.90. The molecule has 2 aliphatic rings. The Bertz CT molecular complexity index is 860. The molecule has 4 rings (SSSR count). The Hall–Kier alpha value is -2.30. The number of rotatable bonds is 0. The van der Waals surface area contributed by atoms with Crippen LogP contribution in [0.25, 0.3) is 10.9 Å². The van der Waals surface area contributed by atoms with E-state index in [1.165, 1.54) is 5.56 Å². The van der Waals surface area contributed by atoms with Gasteiger partial charge < -0.3 is 9.64 Å². The third-order valence-electron chi connectivity index (χ3n) is 5.08. The topological polar surface area (TPSA) is 51.5 Å². The molecular weight excluding hydrogens is 316 g/mol. The summed E-state index contributed by atoms with van der Waals surface area (Å²) in [6, 6.07) is 7.95. The zero-order valence-corrected chi connectivity index (χ0v) is 15.0. The van der Waals surface area contributed by atoms with Gasteiger partial charge in [0, 0.05) is 18.4 Å². The maximum atomic E-state index is 13.0. The highest BCUT2D eigenvalue weighted by molar-refractivity contribution is 5.94. The number of para-hydroxylation sites is 1. The molecule has 0 unspecified atom stereocenters. The van der Waals surface area contributed by atoms with Crippen molar-refractivity contribution >= 4 is 22.9 Å². The SMILES string of the molecule is CC(C)(C)OC(=O)n1c2c(c3ccccc31)CCN1C(=O)CCC[C@H]21. The van der Waals surface area contributed by atoms with E-state index in [4.69, 9.17) is 4.74 Å². The second kappa shape index (κ2) is 5.61. The molecule has 1 aromatic carbocycles. The highest BCUT2D eigenvalue weighted by Gasteiger charge is 2.39. The number of amides is 1. The van der Waals surface area contributed by atoms with Crippen LogP contribution in [0, 0.1) is 0 Å². The lowest BCUT2D eigenvalue weighted by molar-refractivity contribution is -0.137. The van der Waals surface area contributed by atoms with Gasteiger partial charge in [0.05, 0.1) is 17.3 Å². The van der Waals surface area contributed by atoms with Gasteiger partial charge in [0.2, 0.25) is 5.91 Å². The van der Waals surface area contributed by atoms with Gasteiger partial charge in [-0.2, -0.15) is 0 Å². The Kier molecular flexibility index (Phi) is 3.63. The van der Waals surface area contributed by atoms with Crippen molar-refractivity contribution in [2.24, 2.45) is 0 Å². The molecule has 1 fully saturated rings. The predicted octanol–water partition coefficient (Wildman–Crippen LogP) is 4.03. The number of hydrogen-bond acceptors (Lipinski definition) is 3. The fraction of sp³-hybridized carbons (Fsp3) is 0.500. The van der Waals surface area contributed by atoms with Crippen LogP contribution in [-0.2, 0) is 16.0 Å². The van der Waals surface area contributed by atoms with Gasteiger partial charge in [-0.1, -0.05) is 18.2 Å². The molecule has 1 aromatic heterocycles. The molecule has 2 aromatic rings. The molecular formula is C20H24N2O3. The number of piperidine rings is 1. The summed E-state index contributed by atoms with van der Waals surface area (Å²) in [7, 11) is 0. The average Bonchev–Trinajstić information content (AvgIpc) is 2.88. The first-order chi connectivity index (χ1) is 11.9. The molecule has 0 saturated carbocycles. The van der Waals surface area contributed by atoms with E-state index in [-0.39, 0.29) is 18.0 Å². The molecule has 0 radical (unpaired) electrons. The molecule has 0 N–H and O–H groups in total. The number of benzene rings is 1. The summed E-state index contributed by atoms with van der Waals surface area (Å²) < 4.78 is 7.40. The van der Waals surface area contributed by atoms with Gasteiger partial charge in [-0.15, -0.1) is 0 Å². The molecule has 0 spiro atoms. The largest absolute Gasteiger partial charge is 0.443 e. The maximum absolute atomic E-state index is 13.0. The van der Waals surface area contributed by atoms with Gasteiger partial charge in [-0.3, -0.25) is 4.79 Å². The first-order valence-corrected chi connectivity index (χ1v) is 9.02. The number of ether oxygens (including phenoxy) is 1. The van der Waals surface area contributed by atoms with E-state index < -0.39 is 5.60 Å². The van der Waals surface area contributed by atoms with Gasteiger partial charge in [0.15, 0.2) is 0 Å². The van der Waals surface area contributed by atoms with Crippen LogP contribution in [0.1, 0.15) is 57.3 Å². The van der Waals surface area contributed by atoms with Crippen LogP contribution < -0.4 is 0 Å². The quantitative estimate of drug-likeness (QED) is 0.727. The summed E-state index contributed by atoms with van der Waals surface area (Å²) in [6.07, 6.45) is 2.81. The van der Waals surface area contributed by atoms with E-state index in [0.29, 0.717) is 6.42 Å². The van der Waals surface area contributed by atoms with Crippen molar-refractivity contribution < 1.29 is 14.3 Å². The summed E-state index contributed by atoms with van der Waals surface area (Å²) in [5.41, 5.74) is 2.46. The van der Waals surface area contributed by atoms with Crippen molar-refractivity contribution in [3.63, 3.8) is 0 Å². The van der Waals surface area contributed by atoms with Crippen molar-refractivity contribution in [3.05, 3.63) is 35.5 Å². The van der Waals surface area contributed by atoms with E-state index in [1.807, 2.05) is 43.9 Å². The minimum absolute atomic E-state index is 0.0232. The summed E-state index contributed by atoms with van der Waals surface area (Å²) in [5.74, 6) is 0.197. The number of carbonyl (C=O) groups excluding carboxylic acids is 2. The Labute approximate surface area is 147 Å². The van der Waals surface area contributed by atoms with E-state index in [0.717, 1.165) is 42.4 Å². The second-order valence-corrected chi connectivity index (χ2v) is 7.94. The minimum Gasteiger partial charge on any atom is -0.443 e. The van der Waals surface area contributed by atoms with Gasteiger partial charge in [-0.25, -0.2) is 9.36 Å². The zero-order chi connectivity index (χ0) is 17.8. The van der Waals surface area contributed by atoms with Crippen LogP contribution in [0.4, 0.5) is 4.79 Å². The molecule has 0 bridgehead atoms. The van der Waals surface area contributed by atoms with Gasteiger partial charge in [-0.05, 0) is 51.7 Å². The molecule has 1 saturated heterocycles. The first-order valence-electron chi connectivity index (χ1n) is 9.02. The summed E-state index contributed by atoms with van der Waals surface area (Å²) in [4.78, 5) is 27.3. The van der Waals surface area contributed by atoms with E-state index in [9.17, 15) is 9.59 Å². The van der Waals surface area contributed by atoms with Crippen molar-refractivity contribution in [1.82, 2.24) is 9.47 Å². The van der Waals surface area contributed by atoms with Crippen LogP contribution in [0.3, 0.4) is 0 Å². The summed E-state index contributed by atoms with van der Waals surface area (Å²) in [6.45, 7) is 6.36. The molecule has 25 heavy (non-hydrogen) atoms. The van der Waals surface area contributed by atoms with Gasteiger partial charge in [0.25, 0.3) is 0 Å². The van der Waals surface area contributed by atoms with Crippen LogP contribution in [0.5, 0.6) is 0 Å². The predicted molar refractivity (Wildman–Crippen MR) is 95.6 cm³/mol. The molecule has 5 nitrogen and oxygen atoms in total. The number of nitrogens with zero attached hydrogens (tertiary/aromatic N) is 2. The van der Waals surface area contributed by atoms with Gasteiger partial charge in [0.1, 0.15) is 5.60 Å². The van der Waals surface area contributed by atoms with Crippen LogP contribution in [0.2, 0.25) is 0 Å². The Morgan fingerprint density at radius 3 is 2.72 bits per heavy atom. The smallest absolute Gasteiger partial charge is 0.419 e. The normalized spacial score (nSPS) is 20.4. The average molecular weight is 340 g/mol. The third-order valence-corrected chi connectivity index (χ3v) is 5.08. The lowest BCUT2D eigenvalue weighted by Crippen LogP contribution is -2.44. The van der Waals surface area contributed by atoms with Crippen molar-refractivity contribution in [1.29, 1.82) is 0 Å². The second-order valence-electron chi connectivity index (χ2n) is 7.94. The van der Waals surface area contributed by atoms with Crippen molar-refractivity contribution in [2.45, 2.75) is 58.1 Å². The number of carbonyl (C=O) groups is 2. The van der Waals surface area contributed by atoms with E-state index >= 15 is 0 Å². The van der Waals surface area contributed by atoms with Crippen LogP contribution >= 0.6 is 0 Å². The summed E-state index contributed by atoms with van der Waals surface area (Å²) in [5, 5.41) is 1.10. The lowest BCUT2D eigenvalue weighted by Gasteiger charge is -2.40. The minimum atomic E-state index is -0.563. The van der Waals surface area contributed by atoms with Crippen LogP contribution in [0.15, 0.2) is 24.3 Å². The third kappa shape index (κ3) is 2.62. The Balaban J connectivity index is 1.92. The van der Waals surface area contributed by atoms with Gasteiger partial charge >= 0.3 is 6.09 Å². The van der Waals surface area contributed by atoms with Crippen molar-refractivity contribution in [2.75, 3.05) is 6.54 Å². The standard InChI is InChI=1S/C20H24N2O3/c1-20(2,3)25-19(24)22-15-8-5-4-7-13(15)14-11-12-21-16(18(14)22)9-6-10-17(21)23/h4-5,7-8,16H,6,9-12H2,1-3H3/t16-/m1/s1. The molecule has 3 heterocycles. The molecule has 0 aliphatic carbocycles. The number of fused-ring (bicyclic) bond motifs is 5. The zero-order valence-electron chi connectivity index (χ0n) is 15.0. The number of aromatic nitrogens is 1. The van der Waals surface area contributed by atoms with E-state index in [1.54, 1.807) is 4.57 Å². The fourth-order valence-electron chi connectivity index (χ4n) is 4.16. The highest BCUT2D eigenvalue weighted by atomic mass is 16.6. The highest BCUT2D eigenvalue weighted by Crippen LogP contribution is 2.42. The summed E-state index contributed by atoms with van der Waals surface area (Å²) >= 11 is 0. The monoisotopic (exact) mass is 340 g/mol. The molecule has 2 aliphatic heterocycles. The molecule has 132 valence electrons. The van der Waals surface area contributed by atoms with Crippen molar-refractivity contribution in [3.8, 4) is 0 Å². The molecule has 1 amide bonds. The maximum Gasteiger partial charge on any atom is 0.419 e. The fourth-order valence-corrected chi connectivity index (χ4v) is 4.16. The number of hydrogen-bond donors (Lipinski definition) is 0. The molecule has 1 atom stereocenters.